The molecule has 28 heavy (non-hydrogen) atoms. The minimum atomic E-state index is -1.07. The van der Waals surface area contributed by atoms with Crippen molar-refractivity contribution in [3.05, 3.63) is 65.0 Å². The molecule has 0 fully saturated rings. The Morgan fingerprint density at radius 1 is 1.25 bits per heavy atom. The lowest BCUT2D eigenvalue weighted by atomic mass is 9.74. The van der Waals surface area contributed by atoms with Gasteiger partial charge in [0.2, 0.25) is 0 Å². The number of benzene rings is 1. The highest BCUT2D eigenvalue weighted by Crippen LogP contribution is 2.40. The molecule has 0 spiro atoms. The monoisotopic (exact) mass is 380 g/mol. The van der Waals surface area contributed by atoms with Crippen molar-refractivity contribution < 1.29 is 15.0 Å². The highest BCUT2D eigenvalue weighted by molar-refractivity contribution is 6.05. The van der Waals surface area contributed by atoms with E-state index in [1.54, 1.807) is 25.4 Å². The number of hydrogen-bond donors (Lipinski definition) is 3. The average molecular weight is 380 g/mol. The molecule has 2 atom stereocenters. The van der Waals surface area contributed by atoms with Gasteiger partial charge in [-0.2, -0.15) is 0 Å². The van der Waals surface area contributed by atoms with Crippen molar-refractivity contribution in [1.82, 2.24) is 4.98 Å². The first-order chi connectivity index (χ1) is 13.3. The molecule has 0 bridgehead atoms. The molecule has 0 saturated heterocycles. The molecule has 1 aliphatic carbocycles. The van der Waals surface area contributed by atoms with Gasteiger partial charge in [0.05, 0.1) is 12.2 Å². The highest BCUT2D eigenvalue weighted by Gasteiger charge is 2.34. The molecule has 148 valence electrons. The lowest BCUT2D eigenvalue weighted by molar-refractivity contribution is -0.0487. The summed E-state index contributed by atoms with van der Waals surface area (Å²) in [5, 5.41) is 22.9. The number of rotatable bonds is 5. The molecule has 3 N–H and O–H groups in total. The van der Waals surface area contributed by atoms with Crippen LogP contribution >= 0.6 is 0 Å². The minimum Gasteiger partial charge on any atom is -0.393 e. The molecule has 0 radical (unpaired) electrons. The topological polar surface area (TPSA) is 82.5 Å². The summed E-state index contributed by atoms with van der Waals surface area (Å²) in [7, 11) is 0. The number of carbonyl (C=O) groups is 1. The summed E-state index contributed by atoms with van der Waals surface area (Å²) in [6.45, 7) is 5.46. The smallest absolute Gasteiger partial charge is 0.256 e. The number of aryl methyl sites for hydroxylation is 1. The third-order valence-corrected chi connectivity index (χ3v) is 5.79. The van der Waals surface area contributed by atoms with E-state index in [0.717, 1.165) is 36.1 Å². The van der Waals surface area contributed by atoms with Gasteiger partial charge in [0.25, 0.3) is 5.91 Å². The molecular formula is C23H28N2O3. The van der Waals surface area contributed by atoms with Crippen LogP contribution in [0.1, 0.15) is 54.6 Å². The number of carbonyl (C=O) groups excluding carboxylic acids is 1. The van der Waals surface area contributed by atoms with E-state index in [4.69, 9.17) is 0 Å². The quantitative estimate of drug-likeness (QED) is 0.733. The first-order valence-electron chi connectivity index (χ1n) is 9.66. The summed E-state index contributed by atoms with van der Waals surface area (Å²) < 4.78 is 0. The standard InChI is InChI=1S/C23H28N2O3/c1-15-4-7-18(23(3,28)14-26)12-21(15)17-5-8-19(9-6-17)25-22(27)20-10-11-24-13-16(20)2/h5-6,8-11,13,18,26,28H,4,7,12,14H2,1-3H3,(H,25,27)/t18-,23-/m0/s1. The van der Waals surface area contributed by atoms with E-state index in [2.05, 4.69) is 17.2 Å². The van der Waals surface area contributed by atoms with Crippen LogP contribution in [0.15, 0.2) is 48.3 Å². The number of nitrogens with zero attached hydrogens (tertiary/aromatic N) is 1. The Bertz CT molecular complexity index is 885. The van der Waals surface area contributed by atoms with E-state index < -0.39 is 5.60 Å². The molecule has 0 saturated carbocycles. The van der Waals surface area contributed by atoms with Crippen molar-refractivity contribution in [3.8, 4) is 0 Å². The Morgan fingerprint density at radius 2 is 1.96 bits per heavy atom. The summed E-state index contributed by atoms with van der Waals surface area (Å²) >= 11 is 0. The summed E-state index contributed by atoms with van der Waals surface area (Å²) in [5.41, 5.74) is 4.73. The number of anilines is 1. The maximum atomic E-state index is 12.5. The SMILES string of the molecule is CC1=C(c2ccc(NC(=O)c3ccncc3C)cc2)C[C@@H]([C@@](C)(O)CO)CC1. The van der Waals surface area contributed by atoms with E-state index in [9.17, 15) is 15.0 Å². The van der Waals surface area contributed by atoms with E-state index in [-0.39, 0.29) is 18.4 Å². The Labute approximate surface area is 166 Å². The third kappa shape index (κ3) is 4.32. The predicted molar refractivity (Wildman–Crippen MR) is 111 cm³/mol. The van der Waals surface area contributed by atoms with Gasteiger partial charge in [-0.3, -0.25) is 9.78 Å². The summed E-state index contributed by atoms with van der Waals surface area (Å²) in [4.78, 5) is 16.5. The maximum Gasteiger partial charge on any atom is 0.256 e. The summed E-state index contributed by atoms with van der Waals surface area (Å²) in [6, 6.07) is 9.52. The molecular weight excluding hydrogens is 352 g/mol. The number of pyridine rings is 1. The zero-order chi connectivity index (χ0) is 20.3. The Balaban J connectivity index is 1.75. The number of hydrogen-bond acceptors (Lipinski definition) is 4. The van der Waals surface area contributed by atoms with Crippen molar-refractivity contribution in [2.45, 2.75) is 45.6 Å². The average Bonchev–Trinajstić information content (AvgIpc) is 2.69. The van der Waals surface area contributed by atoms with E-state index in [0.29, 0.717) is 5.56 Å². The molecule has 0 unspecified atom stereocenters. The molecule has 5 nitrogen and oxygen atoms in total. The van der Waals surface area contributed by atoms with Crippen molar-refractivity contribution in [2.24, 2.45) is 5.92 Å². The number of nitrogens with one attached hydrogen (secondary N) is 1. The normalized spacial score (nSPS) is 19.2. The van der Waals surface area contributed by atoms with E-state index in [1.165, 1.54) is 11.1 Å². The summed E-state index contributed by atoms with van der Waals surface area (Å²) in [5.74, 6) is -0.120. The van der Waals surface area contributed by atoms with Crippen molar-refractivity contribution >= 4 is 17.2 Å². The van der Waals surface area contributed by atoms with E-state index in [1.807, 2.05) is 31.2 Å². The van der Waals surface area contributed by atoms with Gasteiger partial charge >= 0.3 is 0 Å². The zero-order valence-corrected chi connectivity index (χ0v) is 16.7. The maximum absolute atomic E-state index is 12.5. The zero-order valence-electron chi connectivity index (χ0n) is 16.7. The predicted octanol–water partition coefficient (Wildman–Crippen LogP) is 3.96. The fraction of sp³-hybridized carbons (Fsp3) is 0.391. The van der Waals surface area contributed by atoms with Gasteiger partial charge in [-0.05, 0) is 80.9 Å². The second kappa shape index (κ2) is 8.25. The van der Waals surface area contributed by atoms with E-state index >= 15 is 0 Å². The number of aliphatic hydroxyl groups is 2. The molecule has 1 aliphatic rings. The second-order valence-electron chi connectivity index (χ2n) is 7.94. The lowest BCUT2D eigenvalue weighted by Gasteiger charge is -2.36. The third-order valence-electron chi connectivity index (χ3n) is 5.79. The van der Waals surface area contributed by atoms with Crippen LogP contribution in [0.25, 0.3) is 5.57 Å². The number of aliphatic hydroxyl groups excluding tert-OH is 1. The number of amides is 1. The molecule has 0 aliphatic heterocycles. The molecule has 2 aromatic rings. The Kier molecular flexibility index (Phi) is 5.96. The van der Waals surface area contributed by atoms with Crippen molar-refractivity contribution in [1.29, 1.82) is 0 Å². The molecule has 3 rings (SSSR count). The van der Waals surface area contributed by atoms with Crippen molar-refractivity contribution in [3.63, 3.8) is 0 Å². The van der Waals surface area contributed by atoms with Crippen LogP contribution in [0.3, 0.4) is 0 Å². The number of allylic oxidation sites excluding steroid dienone is 2. The molecule has 1 amide bonds. The molecule has 1 aromatic carbocycles. The van der Waals surface area contributed by atoms with Crippen LogP contribution in [0, 0.1) is 12.8 Å². The molecule has 1 aromatic heterocycles. The van der Waals surface area contributed by atoms with Gasteiger partial charge in [-0.15, -0.1) is 0 Å². The Morgan fingerprint density at radius 3 is 2.61 bits per heavy atom. The van der Waals surface area contributed by atoms with Crippen LogP contribution in [0.4, 0.5) is 5.69 Å². The van der Waals surface area contributed by atoms with Crippen LogP contribution in [-0.2, 0) is 0 Å². The van der Waals surface area contributed by atoms with Crippen LogP contribution in [0.2, 0.25) is 0 Å². The molecule has 1 heterocycles. The first-order valence-corrected chi connectivity index (χ1v) is 9.66. The summed E-state index contributed by atoms with van der Waals surface area (Å²) in [6.07, 6.45) is 5.81. The minimum absolute atomic E-state index is 0.0326. The van der Waals surface area contributed by atoms with Gasteiger partial charge in [0.15, 0.2) is 0 Å². The van der Waals surface area contributed by atoms with Gasteiger partial charge in [-0.25, -0.2) is 0 Å². The highest BCUT2D eigenvalue weighted by atomic mass is 16.3. The number of aromatic nitrogens is 1. The lowest BCUT2D eigenvalue weighted by Crippen LogP contribution is -2.39. The fourth-order valence-electron chi connectivity index (χ4n) is 3.77. The molecule has 5 heteroatoms. The van der Waals surface area contributed by atoms with Gasteiger partial charge in [0, 0.05) is 23.6 Å². The fourth-order valence-corrected chi connectivity index (χ4v) is 3.77. The van der Waals surface area contributed by atoms with Gasteiger partial charge < -0.3 is 15.5 Å². The second-order valence-corrected chi connectivity index (χ2v) is 7.94. The van der Waals surface area contributed by atoms with Crippen LogP contribution < -0.4 is 5.32 Å². The van der Waals surface area contributed by atoms with Crippen LogP contribution in [0.5, 0.6) is 0 Å². The Hall–Kier alpha value is -2.50. The van der Waals surface area contributed by atoms with Gasteiger partial charge in [0.1, 0.15) is 0 Å². The van der Waals surface area contributed by atoms with Crippen molar-refractivity contribution in [2.75, 3.05) is 11.9 Å². The van der Waals surface area contributed by atoms with Gasteiger partial charge in [-0.1, -0.05) is 17.7 Å². The van der Waals surface area contributed by atoms with Crippen LogP contribution in [-0.4, -0.2) is 33.3 Å². The largest absolute Gasteiger partial charge is 0.393 e. The first kappa shape index (κ1) is 20.2.